The van der Waals surface area contributed by atoms with Gasteiger partial charge in [-0.1, -0.05) is 19.1 Å². The summed E-state index contributed by atoms with van der Waals surface area (Å²) in [6.07, 6.45) is 10.7. The van der Waals surface area contributed by atoms with Crippen molar-refractivity contribution in [2.24, 2.45) is 7.05 Å². The molecule has 1 saturated heterocycles. The zero-order chi connectivity index (χ0) is 27.2. The smallest absolute Gasteiger partial charge is 0.247 e. The van der Waals surface area contributed by atoms with Gasteiger partial charge in [0.05, 0.1) is 36.3 Å². The highest BCUT2D eigenvalue weighted by atomic mass is 16.5. The van der Waals surface area contributed by atoms with Gasteiger partial charge in [-0.2, -0.15) is 5.10 Å². The highest BCUT2D eigenvalue weighted by molar-refractivity contribution is 5.88. The molecule has 1 amide bonds. The molecule has 10 heteroatoms. The second-order valence-electron chi connectivity index (χ2n) is 9.77. The van der Waals surface area contributed by atoms with E-state index in [1.165, 1.54) is 31.7 Å². The number of allylic oxidation sites excluding steroid dienone is 1. The van der Waals surface area contributed by atoms with Crippen LogP contribution in [0.4, 0.5) is 5.82 Å². The van der Waals surface area contributed by atoms with Crippen molar-refractivity contribution in [1.82, 2.24) is 30.0 Å². The predicted octanol–water partition coefficient (Wildman–Crippen LogP) is 3.76. The summed E-state index contributed by atoms with van der Waals surface area (Å²) in [6.45, 7) is 7.17. The summed E-state index contributed by atoms with van der Waals surface area (Å²) in [4.78, 5) is 23.6. The molecule has 1 fully saturated rings. The third-order valence-corrected chi connectivity index (χ3v) is 7.16. The molecule has 2 aromatic heterocycles. The average Bonchev–Trinajstić information content (AvgIpc) is 3.34. The number of benzene rings is 1. The third-order valence-electron chi connectivity index (χ3n) is 7.16. The zero-order valence-corrected chi connectivity index (χ0v) is 22.5. The minimum Gasteiger partial charge on any atom is -0.499 e. The molecule has 2 N–H and O–H groups in total. The van der Waals surface area contributed by atoms with Crippen LogP contribution in [0.3, 0.4) is 0 Å². The van der Waals surface area contributed by atoms with Crippen molar-refractivity contribution in [1.29, 1.82) is 0 Å². The molecule has 1 aliphatic heterocycles. The van der Waals surface area contributed by atoms with Crippen molar-refractivity contribution < 1.29 is 14.3 Å². The van der Waals surface area contributed by atoms with E-state index in [-0.39, 0.29) is 11.9 Å². The van der Waals surface area contributed by atoms with E-state index in [2.05, 4.69) is 43.2 Å². The van der Waals surface area contributed by atoms with Gasteiger partial charge in [0.1, 0.15) is 30.3 Å². The number of methoxy groups -OCH3 is 1. The summed E-state index contributed by atoms with van der Waals surface area (Å²) in [5, 5.41) is 11.7. The number of piperidine rings is 1. The number of hydrogen-bond donors (Lipinski definition) is 2. The monoisotopic (exact) mass is 529 g/mol. The summed E-state index contributed by atoms with van der Waals surface area (Å²) in [5.74, 6) is 1.65. The predicted molar refractivity (Wildman–Crippen MR) is 150 cm³/mol. The molecule has 2 aliphatic rings. The van der Waals surface area contributed by atoms with Gasteiger partial charge in [0.25, 0.3) is 0 Å². The van der Waals surface area contributed by atoms with Crippen LogP contribution >= 0.6 is 0 Å². The van der Waals surface area contributed by atoms with Crippen molar-refractivity contribution in [2.45, 2.75) is 31.7 Å². The minimum atomic E-state index is -0.287. The maximum atomic E-state index is 12.2. The molecule has 0 bridgehead atoms. The molecule has 1 aromatic carbocycles. The summed E-state index contributed by atoms with van der Waals surface area (Å²) >= 11 is 0. The van der Waals surface area contributed by atoms with Crippen molar-refractivity contribution in [3.05, 3.63) is 72.7 Å². The number of fused-ring (bicyclic) bond motifs is 1. The van der Waals surface area contributed by atoms with Gasteiger partial charge in [-0.3, -0.25) is 14.4 Å². The molecular weight excluding hydrogens is 494 g/mol. The van der Waals surface area contributed by atoms with Crippen molar-refractivity contribution in [3.8, 4) is 11.3 Å². The van der Waals surface area contributed by atoms with E-state index in [1.807, 2.05) is 42.2 Å². The standard InChI is InChI=1S/C29H35N7O3/c1-4-29(37)34-24-15-23(26(38-3)17-27(24)39-13-12-36-10-6-5-7-11-36)33-28-16-22(30-19-31-28)20-8-9-25-21(14-20)18-32-35(25)2/h4,8-9,14,16-19,23H,1,5-7,10-13,15H2,2-3H3,(H,34,37)(H,30,31,33). The lowest BCUT2D eigenvalue weighted by Gasteiger charge is -2.29. The number of nitrogens with one attached hydrogen (secondary N) is 2. The molecule has 3 heterocycles. The average molecular weight is 530 g/mol. The van der Waals surface area contributed by atoms with E-state index < -0.39 is 0 Å². The number of aromatic nitrogens is 4. The Labute approximate surface area is 228 Å². The second-order valence-corrected chi connectivity index (χ2v) is 9.77. The number of anilines is 1. The van der Waals surface area contributed by atoms with Crippen LogP contribution in [0.5, 0.6) is 0 Å². The van der Waals surface area contributed by atoms with E-state index in [0.29, 0.717) is 36.1 Å². The van der Waals surface area contributed by atoms with Gasteiger partial charge in [-0.25, -0.2) is 9.97 Å². The fourth-order valence-electron chi connectivity index (χ4n) is 5.05. The molecule has 0 spiro atoms. The second kappa shape index (κ2) is 12.1. The summed E-state index contributed by atoms with van der Waals surface area (Å²) in [6, 6.07) is 7.76. The molecule has 39 heavy (non-hydrogen) atoms. The Balaban J connectivity index is 1.32. The lowest BCUT2D eigenvalue weighted by molar-refractivity contribution is -0.115. The fraction of sp³-hybridized carbons (Fsp3) is 0.379. The van der Waals surface area contributed by atoms with Gasteiger partial charge in [-0.15, -0.1) is 0 Å². The maximum absolute atomic E-state index is 12.2. The zero-order valence-electron chi connectivity index (χ0n) is 22.5. The van der Waals surface area contributed by atoms with Gasteiger partial charge >= 0.3 is 0 Å². The van der Waals surface area contributed by atoms with Gasteiger partial charge < -0.3 is 20.1 Å². The topological polar surface area (TPSA) is 106 Å². The summed E-state index contributed by atoms with van der Waals surface area (Å²) in [7, 11) is 3.55. The van der Waals surface area contributed by atoms with E-state index in [1.54, 1.807) is 7.11 Å². The Morgan fingerprint density at radius 3 is 2.85 bits per heavy atom. The molecule has 204 valence electrons. The number of nitrogens with zero attached hydrogens (tertiary/aromatic N) is 5. The van der Waals surface area contributed by atoms with Crippen molar-refractivity contribution in [3.63, 3.8) is 0 Å². The number of hydrogen-bond acceptors (Lipinski definition) is 8. The molecule has 0 radical (unpaired) electrons. The minimum absolute atomic E-state index is 0.270. The Bertz CT molecular complexity index is 1400. The third kappa shape index (κ3) is 6.28. The number of rotatable bonds is 10. The van der Waals surface area contributed by atoms with Crippen molar-refractivity contribution in [2.75, 3.05) is 38.7 Å². The van der Waals surface area contributed by atoms with Crippen LogP contribution in [-0.4, -0.2) is 69.9 Å². The SMILES string of the molecule is C=CC(=O)NC1=C(OCCN2CCCCC2)C=C(OC)C(Nc2cc(-c3ccc4c(cnn4C)c3)ncn2)C1. The highest BCUT2D eigenvalue weighted by Gasteiger charge is 2.27. The summed E-state index contributed by atoms with van der Waals surface area (Å²) in [5.41, 5.74) is 3.48. The van der Waals surface area contributed by atoms with Crippen molar-refractivity contribution >= 4 is 22.6 Å². The van der Waals surface area contributed by atoms with E-state index >= 15 is 0 Å². The fourth-order valence-corrected chi connectivity index (χ4v) is 5.05. The first kappa shape index (κ1) is 26.4. The largest absolute Gasteiger partial charge is 0.499 e. The van der Waals surface area contributed by atoms with E-state index in [9.17, 15) is 4.79 Å². The highest BCUT2D eigenvalue weighted by Crippen LogP contribution is 2.29. The number of amides is 1. The number of carbonyl (C=O) groups excluding carboxylic acids is 1. The first-order chi connectivity index (χ1) is 19.0. The molecule has 1 unspecified atom stereocenters. The van der Waals surface area contributed by atoms with Gasteiger partial charge in [-0.05, 0) is 44.1 Å². The molecular formula is C29H35N7O3. The summed E-state index contributed by atoms with van der Waals surface area (Å²) < 4.78 is 13.7. The number of ether oxygens (including phenoxy) is 2. The molecule has 3 aromatic rings. The van der Waals surface area contributed by atoms with E-state index in [0.717, 1.165) is 41.8 Å². The Morgan fingerprint density at radius 1 is 1.21 bits per heavy atom. The number of likely N-dealkylation sites (tertiary alicyclic amines) is 1. The van der Waals surface area contributed by atoms with Crippen LogP contribution in [0.15, 0.2) is 72.7 Å². The van der Waals surface area contributed by atoms with Crippen LogP contribution in [0, 0.1) is 0 Å². The van der Waals surface area contributed by atoms with Crippen LogP contribution < -0.4 is 10.6 Å². The molecule has 1 atom stereocenters. The van der Waals surface area contributed by atoms with Crippen LogP contribution in [0.2, 0.25) is 0 Å². The van der Waals surface area contributed by atoms with Crippen LogP contribution in [-0.2, 0) is 21.3 Å². The molecule has 1 aliphatic carbocycles. The van der Waals surface area contributed by atoms with E-state index in [4.69, 9.17) is 9.47 Å². The quantitative estimate of drug-likeness (QED) is 0.383. The van der Waals surface area contributed by atoms with Crippen LogP contribution in [0.25, 0.3) is 22.2 Å². The molecule has 10 nitrogen and oxygen atoms in total. The van der Waals surface area contributed by atoms with Gasteiger partial charge in [0, 0.05) is 43.1 Å². The van der Waals surface area contributed by atoms with Gasteiger partial charge in [0.15, 0.2) is 0 Å². The Kier molecular flexibility index (Phi) is 8.21. The lowest BCUT2D eigenvalue weighted by Crippen LogP contribution is -2.35. The Morgan fingerprint density at radius 2 is 2.05 bits per heavy atom. The lowest BCUT2D eigenvalue weighted by atomic mass is 10.0. The number of carbonyl (C=O) groups is 1. The maximum Gasteiger partial charge on any atom is 0.247 e. The number of aryl methyl sites for hydroxylation is 1. The van der Waals surface area contributed by atoms with Gasteiger partial charge in [0.2, 0.25) is 5.91 Å². The molecule has 5 rings (SSSR count). The van der Waals surface area contributed by atoms with Crippen LogP contribution in [0.1, 0.15) is 25.7 Å². The molecule has 0 saturated carbocycles. The first-order valence-electron chi connectivity index (χ1n) is 13.3. The first-order valence-corrected chi connectivity index (χ1v) is 13.3. The normalized spacial score (nSPS) is 18.0. The Hall–Kier alpha value is -4.18.